The summed E-state index contributed by atoms with van der Waals surface area (Å²) in [5.74, 6) is 0.0455. The summed E-state index contributed by atoms with van der Waals surface area (Å²) in [5, 5.41) is 15.0. The van der Waals surface area contributed by atoms with Crippen molar-refractivity contribution in [3.05, 3.63) is 22.4 Å². The first-order valence-electron chi connectivity index (χ1n) is 7.61. The van der Waals surface area contributed by atoms with E-state index < -0.39 is 6.10 Å². The Balaban J connectivity index is 1.64. The first-order chi connectivity index (χ1) is 10.7. The van der Waals surface area contributed by atoms with E-state index in [-0.39, 0.29) is 5.91 Å². The third kappa shape index (κ3) is 5.66. The largest absolute Gasteiger partial charge is 0.386 e. The van der Waals surface area contributed by atoms with Gasteiger partial charge in [0.1, 0.15) is 6.10 Å². The highest BCUT2D eigenvalue weighted by Gasteiger charge is 2.21. The van der Waals surface area contributed by atoms with Gasteiger partial charge in [-0.3, -0.25) is 14.6 Å². The van der Waals surface area contributed by atoms with Crippen molar-refractivity contribution in [2.45, 2.75) is 6.10 Å². The molecule has 0 radical (unpaired) electrons. The molecule has 0 spiro atoms. The van der Waals surface area contributed by atoms with Gasteiger partial charge >= 0.3 is 0 Å². The van der Waals surface area contributed by atoms with E-state index in [2.05, 4.69) is 15.1 Å². The lowest BCUT2D eigenvalue weighted by atomic mass is 10.2. The predicted molar refractivity (Wildman–Crippen MR) is 87.0 cm³/mol. The first kappa shape index (κ1) is 17.4. The average molecular weight is 327 g/mol. The highest BCUT2D eigenvalue weighted by atomic mass is 32.1. The Morgan fingerprint density at radius 3 is 2.77 bits per heavy atom. The van der Waals surface area contributed by atoms with E-state index >= 15 is 0 Å². The zero-order valence-corrected chi connectivity index (χ0v) is 13.8. The number of thiophene rings is 1. The predicted octanol–water partition coefficient (Wildman–Crippen LogP) is 0.162. The standard InChI is InChI=1S/C15H25N3O3S/c1-21-9-4-16-15(20)12-18-7-5-17(6-8-18)11-13(19)14-3-2-10-22-14/h2-3,10,13,19H,4-9,11-12H2,1H3,(H,16,20)/t13-/m1/s1. The molecule has 1 aliphatic rings. The van der Waals surface area contributed by atoms with Gasteiger partial charge in [-0.15, -0.1) is 11.3 Å². The fourth-order valence-electron chi connectivity index (χ4n) is 2.50. The van der Waals surface area contributed by atoms with Crippen LogP contribution in [0.25, 0.3) is 0 Å². The molecule has 2 heterocycles. The maximum absolute atomic E-state index is 11.7. The molecule has 1 aromatic rings. The van der Waals surface area contributed by atoms with Crippen LogP contribution in [0.2, 0.25) is 0 Å². The summed E-state index contributed by atoms with van der Waals surface area (Å²) in [6.45, 7) is 5.67. The number of hydrogen-bond donors (Lipinski definition) is 2. The number of carbonyl (C=O) groups is 1. The van der Waals surface area contributed by atoms with Gasteiger partial charge in [0, 0.05) is 51.3 Å². The van der Waals surface area contributed by atoms with Crippen LogP contribution in [0, 0.1) is 0 Å². The van der Waals surface area contributed by atoms with Crippen molar-refractivity contribution >= 4 is 17.2 Å². The van der Waals surface area contributed by atoms with E-state index in [4.69, 9.17) is 4.74 Å². The lowest BCUT2D eigenvalue weighted by molar-refractivity contribution is -0.122. The molecule has 1 atom stereocenters. The molecule has 0 saturated carbocycles. The smallest absolute Gasteiger partial charge is 0.234 e. The van der Waals surface area contributed by atoms with Gasteiger partial charge in [0.05, 0.1) is 13.2 Å². The molecule has 2 rings (SSSR count). The second-order valence-corrected chi connectivity index (χ2v) is 6.43. The molecule has 0 unspecified atom stereocenters. The highest BCUT2D eigenvalue weighted by molar-refractivity contribution is 7.10. The quantitative estimate of drug-likeness (QED) is 0.666. The fraction of sp³-hybridized carbons (Fsp3) is 0.667. The summed E-state index contributed by atoms with van der Waals surface area (Å²) in [5.41, 5.74) is 0. The van der Waals surface area contributed by atoms with E-state index in [0.29, 0.717) is 26.2 Å². The van der Waals surface area contributed by atoms with Crippen molar-refractivity contribution in [2.24, 2.45) is 0 Å². The molecule has 6 nitrogen and oxygen atoms in total. The van der Waals surface area contributed by atoms with Crippen molar-refractivity contribution in [1.29, 1.82) is 0 Å². The number of carbonyl (C=O) groups excluding carboxylic acids is 1. The monoisotopic (exact) mass is 327 g/mol. The fourth-order valence-corrected chi connectivity index (χ4v) is 3.20. The number of β-amino-alcohol motifs (C(OH)–C–C–N with tert-alkyl or cyclic N) is 1. The lowest BCUT2D eigenvalue weighted by Crippen LogP contribution is -2.50. The minimum Gasteiger partial charge on any atom is -0.386 e. The molecule has 0 aromatic carbocycles. The third-order valence-electron chi connectivity index (χ3n) is 3.76. The number of piperazine rings is 1. The Labute approximate surface area is 135 Å². The number of methoxy groups -OCH3 is 1. The van der Waals surface area contributed by atoms with Crippen molar-refractivity contribution in [3.63, 3.8) is 0 Å². The summed E-state index contributed by atoms with van der Waals surface area (Å²) in [7, 11) is 1.62. The number of amides is 1. The van der Waals surface area contributed by atoms with Gasteiger partial charge in [0.25, 0.3) is 0 Å². The molecule has 2 N–H and O–H groups in total. The van der Waals surface area contributed by atoms with E-state index in [1.165, 1.54) is 0 Å². The van der Waals surface area contributed by atoms with Crippen LogP contribution in [-0.4, -0.2) is 80.3 Å². The van der Waals surface area contributed by atoms with Crippen molar-refractivity contribution in [1.82, 2.24) is 15.1 Å². The molecule has 1 aromatic heterocycles. The molecular weight excluding hydrogens is 302 g/mol. The molecule has 1 saturated heterocycles. The number of hydrogen-bond acceptors (Lipinski definition) is 6. The van der Waals surface area contributed by atoms with E-state index in [1.807, 2.05) is 17.5 Å². The zero-order chi connectivity index (χ0) is 15.8. The van der Waals surface area contributed by atoms with Crippen LogP contribution in [0.3, 0.4) is 0 Å². The van der Waals surface area contributed by atoms with Gasteiger partial charge in [-0.2, -0.15) is 0 Å². The minimum atomic E-state index is -0.413. The van der Waals surface area contributed by atoms with E-state index in [1.54, 1.807) is 18.4 Å². The molecule has 1 aliphatic heterocycles. The van der Waals surface area contributed by atoms with Crippen LogP contribution in [0.5, 0.6) is 0 Å². The number of rotatable bonds is 8. The van der Waals surface area contributed by atoms with Gasteiger partial charge in [-0.25, -0.2) is 0 Å². The maximum Gasteiger partial charge on any atom is 0.234 e. The summed E-state index contributed by atoms with van der Waals surface area (Å²) >= 11 is 1.59. The van der Waals surface area contributed by atoms with Gasteiger partial charge in [0.15, 0.2) is 0 Å². The third-order valence-corrected chi connectivity index (χ3v) is 4.74. The van der Waals surface area contributed by atoms with Crippen LogP contribution in [-0.2, 0) is 9.53 Å². The number of nitrogens with one attached hydrogen (secondary N) is 1. The van der Waals surface area contributed by atoms with Crippen LogP contribution in [0.1, 0.15) is 11.0 Å². The Hall–Kier alpha value is -0.990. The second-order valence-electron chi connectivity index (χ2n) is 5.45. The Bertz CT molecular complexity index is 433. The SMILES string of the molecule is COCCNC(=O)CN1CCN(C[C@@H](O)c2cccs2)CC1. The Morgan fingerprint density at radius 2 is 2.14 bits per heavy atom. The number of ether oxygens (including phenoxy) is 1. The average Bonchev–Trinajstić information content (AvgIpc) is 3.04. The van der Waals surface area contributed by atoms with E-state index in [0.717, 1.165) is 31.1 Å². The van der Waals surface area contributed by atoms with Crippen molar-refractivity contribution in [3.8, 4) is 0 Å². The molecule has 124 valence electrons. The van der Waals surface area contributed by atoms with Gasteiger partial charge < -0.3 is 15.2 Å². The first-order valence-corrected chi connectivity index (χ1v) is 8.49. The summed E-state index contributed by atoms with van der Waals surface area (Å²) in [4.78, 5) is 17.2. The van der Waals surface area contributed by atoms with Crippen LogP contribution in [0.15, 0.2) is 17.5 Å². The number of nitrogens with zero attached hydrogens (tertiary/aromatic N) is 2. The normalized spacial score (nSPS) is 18.3. The van der Waals surface area contributed by atoms with Crippen molar-refractivity contribution < 1.29 is 14.6 Å². The second kappa shape index (κ2) is 9.22. The maximum atomic E-state index is 11.7. The molecule has 1 fully saturated rings. The highest BCUT2D eigenvalue weighted by Crippen LogP contribution is 2.20. The molecule has 22 heavy (non-hydrogen) atoms. The van der Waals surface area contributed by atoms with Crippen LogP contribution < -0.4 is 5.32 Å². The molecule has 0 aliphatic carbocycles. The lowest BCUT2D eigenvalue weighted by Gasteiger charge is -2.35. The van der Waals surface area contributed by atoms with Gasteiger partial charge in [0.2, 0.25) is 5.91 Å². The molecular formula is C15H25N3O3S. The Morgan fingerprint density at radius 1 is 1.41 bits per heavy atom. The molecule has 0 bridgehead atoms. The Kier molecular flexibility index (Phi) is 7.28. The zero-order valence-electron chi connectivity index (χ0n) is 13.0. The summed E-state index contributed by atoms with van der Waals surface area (Å²) in [6, 6.07) is 3.93. The van der Waals surface area contributed by atoms with Crippen LogP contribution >= 0.6 is 11.3 Å². The summed E-state index contributed by atoms with van der Waals surface area (Å²) < 4.78 is 4.91. The summed E-state index contributed by atoms with van der Waals surface area (Å²) in [6.07, 6.45) is -0.413. The van der Waals surface area contributed by atoms with Crippen LogP contribution in [0.4, 0.5) is 0 Å². The number of aliphatic hydroxyl groups is 1. The van der Waals surface area contributed by atoms with Gasteiger partial charge in [-0.05, 0) is 11.4 Å². The van der Waals surface area contributed by atoms with Crippen molar-refractivity contribution in [2.75, 3.05) is 59.5 Å². The minimum absolute atomic E-state index is 0.0455. The van der Waals surface area contributed by atoms with E-state index in [9.17, 15) is 9.90 Å². The number of aliphatic hydroxyl groups excluding tert-OH is 1. The topological polar surface area (TPSA) is 65.0 Å². The molecule has 7 heteroatoms. The molecule has 1 amide bonds. The van der Waals surface area contributed by atoms with Gasteiger partial charge in [-0.1, -0.05) is 6.07 Å².